The van der Waals surface area contributed by atoms with Crippen molar-refractivity contribution < 1.29 is 23.9 Å². The molecule has 1 heterocycles. The molecule has 1 saturated heterocycles. The lowest BCUT2D eigenvalue weighted by Gasteiger charge is -2.12. The van der Waals surface area contributed by atoms with Crippen LogP contribution in [0.25, 0.3) is 6.08 Å². The number of esters is 1. The smallest absolute Gasteiger partial charge is 0.326 e. The SMILES string of the molecule is C=CCOc1ccc(/C=C2/SC(=O)N(CC(=O)OCC(C)C)C2=O)cc1. The van der Waals surface area contributed by atoms with Gasteiger partial charge in [0.2, 0.25) is 0 Å². The molecule has 0 spiro atoms. The first kappa shape index (κ1) is 19.8. The van der Waals surface area contributed by atoms with Crippen molar-refractivity contribution in [3.05, 3.63) is 47.4 Å². The fourth-order valence-electron chi connectivity index (χ4n) is 2.04. The van der Waals surface area contributed by atoms with Gasteiger partial charge in [0.25, 0.3) is 11.1 Å². The number of hydrogen-bond donors (Lipinski definition) is 0. The van der Waals surface area contributed by atoms with Gasteiger partial charge in [0.15, 0.2) is 0 Å². The molecule has 2 amide bonds. The van der Waals surface area contributed by atoms with Crippen molar-refractivity contribution in [3.63, 3.8) is 0 Å². The summed E-state index contributed by atoms with van der Waals surface area (Å²) in [5.41, 5.74) is 0.754. The Bertz CT molecular complexity index is 724. The van der Waals surface area contributed by atoms with Crippen LogP contribution in [-0.2, 0) is 14.3 Å². The van der Waals surface area contributed by atoms with E-state index in [1.54, 1.807) is 36.4 Å². The molecule has 7 heteroatoms. The van der Waals surface area contributed by atoms with E-state index in [0.29, 0.717) is 12.4 Å². The summed E-state index contributed by atoms with van der Waals surface area (Å²) in [6.45, 7) is 7.68. The quantitative estimate of drug-likeness (QED) is 0.393. The first-order valence-corrected chi connectivity index (χ1v) is 8.97. The Labute approximate surface area is 156 Å². The second-order valence-electron chi connectivity index (χ2n) is 6.01. The molecule has 1 aromatic rings. The van der Waals surface area contributed by atoms with Gasteiger partial charge in [-0.1, -0.05) is 38.6 Å². The van der Waals surface area contributed by atoms with Crippen LogP contribution in [0, 0.1) is 5.92 Å². The van der Waals surface area contributed by atoms with Gasteiger partial charge in [-0.25, -0.2) is 0 Å². The van der Waals surface area contributed by atoms with Crippen LogP contribution >= 0.6 is 11.8 Å². The minimum Gasteiger partial charge on any atom is -0.490 e. The summed E-state index contributed by atoms with van der Waals surface area (Å²) in [6, 6.07) is 7.10. The summed E-state index contributed by atoms with van der Waals surface area (Å²) in [4.78, 5) is 37.3. The van der Waals surface area contributed by atoms with Crippen molar-refractivity contribution in [2.75, 3.05) is 19.8 Å². The number of carbonyl (C=O) groups is 3. The van der Waals surface area contributed by atoms with Crippen LogP contribution in [0.4, 0.5) is 4.79 Å². The van der Waals surface area contributed by atoms with E-state index in [9.17, 15) is 14.4 Å². The molecule has 0 radical (unpaired) electrons. The van der Waals surface area contributed by atoms with Crippen molar-refractivity contribution in [3.8, 4) is 5.75 Å². The lowest BCUT2D eigenvalue weighted by molar-refractivity contribution is -0.147. The van der Waals surface area contributed by atoms with Crippen LogP contribution in [-0.4, -0.2) is 41.8 Å². The standard InChI is InChI=1S/C19H21NO5S/c1-4-9-24-15-7-5-14(6-8-15)10-16-18(22)20(19(23)26-16)11-17(21)25-12-13(2)3/h4-8,10,13H,1,9,11-12H2,2-3H3/b16-10+. The summed E-state index contributed by atoms with van der Waals surface area (Å²) in [5, 5.41) is -0.478. The number of benzene rings is 1. The highest BCUT2D eigenvalue weighted by atomic mass is 32.2. The summed E-state index contributed by atoms with van der Waals surface area (Å²) in [5.74, 6) is -0.213. The van der Waals surface area contributed by atoms with Crippen molar-refractivity contribution in [1.29, 1.82) is 0 Å². The highest BCUT2D eigenvalue weighted by Gasteiger charge is 2.36. The largest absolute Gasteiger partial charge is 0.490 e. The summed E-state index contributed by atoms with van der Waals surface area (Å²) < 4.78 is 10.4. The molecule has 1 aliphatic heterocycles. The zero-order valence-electron chi connectivity index (χ0n) is 14.8. The number of nitrogens with zero attached hydrogens (tertiary/aromatic N) is 1. The van der Waals surface area contributed by atoms with Crippen molar-refractivity contribution in [1.82, 2.24) is 4.90 Å². The van der Waals surface area contributed by atoms with Crippen LogP contribution in [0.3, 0.4) is 0 Å². The molecule has 0 unspecified atom stereocenters. The van der Waals surface area contributed by atoms with Crippen molar-refractivity contribution >= 4 is 35.0 Å². The first-order valence-electron chi connectivity index (χ1n) is 8.15. The summed E-state index contributed by atoms with van der Waals surface area (Å²) >= 11 is 0.807. The second kappa shape index (κ2) is 9.24. The molecular formula is C19H21NO5S. The topological polar surface area (TPSA) is 72.9 Å². The van der Waals surface area contributed by atoms with Crippen LogP contribution in [0.15, 0.2) is 41.8 Å². The number of amides is 2. The zero-order valence-corrected chi connectivity index (χ0v) is 15.6. The van der Waals surface area contributed by atoms with E-state index in [-0.39, 0.29) is 24.0 Å². The average molecular weight is 375 g/mol. The third-order valence-corrected chi connectivity index (χ3v) is 4.19. The van der Waals surface area contributed by atoms with Crippen molar-refractivity contribution in [2.24, 2.45) is 5.92 Å². The van der Waals surface area contributed by atoms with E-state index in [1.165, 1.54) is 0 Å². The number of ether oxygens (including phenoxy) is 2. The molecular weight excluding hydrogens is 354 g/mol. The summed E-state index contributed by atoms with van der Waals surface area (Å²) in [7, 11) is 0. The molecule has 1 fully saturated rings. The van der Waals surface area contributed by atoms with E-state index in [4.69, 9.17) is 9.47 Å². The number of hydrogen-bond acceptors (Lipinski definition) is 6. The Hall–Kier alpha value is -2.54. The molecule has 6 nitrogen and oxygen atoms in total. The third-order valence-electron chi connectivity index (χ3n) is 3.28. The van der Waals surface area contributed by atoms with Gasteiger partial charge in [0.1, 0.15) is 18.9 Å². The molecule has 0 aliphatic carbocycles. The van der Waals surface area contributed by atoms with Gasteiger partial charge in [-0.05, 0) is 41.5 Å². The highest BCUT2D eigenvalue weighted by molar-refractivity contribution is 8.18. The Balaban J connectivity index is 2.01. The molecule has 138 valence electrons. The number of rotatable bonds is 8. The highest BCUT2D eigenvalue weighted by Crippen LogP contribution is 2.32. The lowest BCUT2D eigenvalue weighted by atomic mass is 10.2. The predicted molar refractivity (Wildman–Crippen MR) is 101 cm³/mol. The predicted octanol–water partition coefficient (Wildman–Crippen LogP) is 3.49. The Morgan fingerprint density at radius 3 is 2.58 bits per heavy atom. The minimum atomic E-state index is -0.592. The van der Waals surface area contributed by atoms with Gasteiger partial charge in [-0.15, -0.1) is 0 Å². The van der Waals surface area contributed by atoms with E-state index < -0.39 is 17.1 Å². The maximum absolute atomic E-state index is 12.4. The fraction of sp³-hybridized carbons (Fsp3) is 0.316. The molecule has 0 bridgehead atoms. The van der Waals surface area contributed by atoms with Crippen LogP contribution in [0.2, 0.25) is 0 Å². The Kier molecular flexibility index (Phi) is 7.03. The fourth-order valence-corrected chi connectivity index (χ4v) is 2.88. The Morgan fingerprint density at radius 2 is 1.96 bits per heavy atom. The zero-order chi connectivity index (χ0) is 19.1. The second-order valence-corrected chi connectivity index (χ2v) is 7.01. The van der Waals surface area contributed by atoms with Gasteiger partial charge in [-0.2, -0.15) is 0 Å². The number of thioether (sulfide) groups is 1. The normalized spacial score (nSPS) is 15.7. The maximum Gasteiger partial charge on any atom is 0.326 e. The average Bonchev–Trinajstić information content (AvgIpc) is 2.87. The molecule has 1 aromatic carbocycles. The molecule has 0 aromatic heterocycles. The molecule has 0 N–H and O–H groups in total. The first-order chi connectivity index (χ1) is 12.4. The molecule has 2 rings (SSSR count). The van der Waals surface area contributed by atoms with Crippen LogP contribution in [0.1, 0.15) is 19.4 Å². The van der Waals surface area contributed by atoms with Crippen LogP contribution in [0.5, 0.6) is 5.75 Å². The monoisotopic (exact) mass is 375 g/mol. The van der Waals surface area contributed by atoms with Crippen LogP contribution < -0.4 is 4.74 Å². The maximum atomic E-state index is 12.4. The third kappa shape index (κ3) is 5.49. The number of imide groups is 1. The summed E-state index contributed by atoms with van der Waals surface area (Å²) in [6.07, 6.45) is 3.26. The van der Waals surface area contributed by atoms with Gasteiger partial charge >= 0.3 is 5.97 Å². The van der Waals surface area contributed by atoms with Gasteiger partial charge in [0, 0.05) is 0 Å². The van der Waals surface area contributed by atoms with Gasteiger partial charge in [0.05, 0.1) is 11.5 Å². The molecule has 0 saturated carbocycles. The molecule has 26 heavy (non-hydrogen) atoms. The number of carbonyl (C=O) groups excluding carboxylic acids is 3. The van der Waals surface area contributed by atoms with Gasteiger partial charge in [-0.3, -0.25) is 19.3 Å². The van der Waals surface area contributed by atoms with E-state index >= 15 is 0 Å². The van der Waals surface area contributed by atoms with Crippen molar-refractivity contribution in [2.45, 2.75) is 13.8 Å². The molecule has 0 atom stereocenters. The van der Waals surface area contributed by atoms with Gasteiger partial charge < -0.3 is 9.47 Å². The van der Waals surface area contributed by atoms with E-state index in [2.05, 4.69) is 6.58 Å². The minimum absolute atomic E-state index is 0.187. The van der Waals surface area contributed by atoms with E-state index in [0.717, 1.165) is 22.2 Å². The van der Waals surface area contributed by atoms with E-state index in [1.807, 2.05) is 13.8 Å². The molecule has 1 aliphatic rings. The Morgan fingerprint density at radius 1 is 1.27 bits per heavy atom. The lowest BCUT2D eigenvalue weighted by Crippen LogP contribution is -2.34.